The van der Waals surface area contributed by atoms with Crippen LogP contribution < -0.4 is 15.2 Å². The minimum atomic E-state index is -0.510. The molecule has 7 heteroatoms. The maximum Gasteiger partial charge on any atom is 0.410 e. The van der Waals surface area contributed by atoms with Gasteiger partial charge in [-0.1, -0.05) is 0 Å². The van der Waals surface area contributed by atoms with Gasteiger partial charge in [0, 0.05) is 18.8 Å². The molecular formula is C16H25N3O4. The monoisotopic (exact) mass is 323 g/mol. The van der Waals surface area contributed by atoms with Gasteiger partial charge in [0.1, 0.15) is 23.6 Å². The predicted molar refractivity (Wildman–Crippen MR) is 86.7 cm³/mol. The summed E-state index contributed by atoms with van der Waals surface area (Å²) in [6, 6.07) is 1.63. The summed E-state index contributed by atoms with van der Waals surface area (Å²) in [7, 11) is 1.54. The van der Waals surface area contributed by atoms with E-state index >= 15 is 0 Å². The van der Waals surface area contributed by atoms with Gasteiger partial charge in [-0.3, -0.25) is 0 Å². The molecule has 0 saturated carbocycles. The largest absolute Gasteiger partial charge is 0.494 e. The second kappa shape index (κ2) is 6.93. The Balaban J connectivity index is 1.98. The van der Waals surface area contributed by atoms with Crippen molar-refractivity contribution in [2.75, 3.05) is 26.0 Å². The third-order valence-electron chi connectivity index (χ3n) is 3.55. The second-order valence-electron chi connectivity index (χ2n) is 6.51. The number of methoxy groups -OCH3 is 1. The van der Waals surface area contributed by atoms with Crippen molar-refractivity contribution in [3.63, 3.8) is 0 Å². The lowest BCUT2D eigenvalue weighted by Crippen LogP contribution is -2.42. The van der Waals surface area contributed by atoms with Crippen LogP contribution in [-0.2, 0) is 4.74 Å². The number of carbonyl (C=O) groups is 1. The SMILES string of the molecule is COc1ccnc(OCC2CCCN2C(=O)OC(C)(C)C)c1N. The van der Waals surface area contributed by atoms with Gasteiger partial charge in [0.2, 0.25) is 5.88 Å². The minimum absolute atomic E-state index is 0.0442. The topological polar surface area (TPSA) is 86.9 Å². The van der Waals surface area contributed by atoms with Crippen molar-refractivity contribution in [3.05, 3.63) is 12.3 Å². The quantitative estimate of drug-likeness (QED) is 0.916. The molecule has 2 N–H and O–H groups in total. The number of hydrogen-bond donors (Lipinski definition) is 1. The van der Waals surface area contributed by atoms with Gasteiger partial charge in [-0.2, -0.15) is 0 Å². The number of nitrogen functional groups attached to an aromatic ring is 1. The molecule has 2 heterocycles. The number of ether oxygens (including phenoxy) is 3. The summed E-state index contributed by atoms with van der Waals surface area (Å²) in [5, 5.41) is 0. The van der Waals surface area contributed by atoms with Gasteiger partial charge in [-0.25, -0.2) is 9.78 Å². The Morgan fingerprint density at radius 3 is 2.87 bits per heavy atom. The van der Waals surface area contributed by atoms with E-state index in [2.05, 4.69) is 4.98 Å². The Kier molecular flexibility index (Phi) is 5.18. The predicted octanol–water partition coefficient (Wildman–Crippen LogP) is 2.45. The third kappa shape index (κ3) is 4.40. The number of anilines is 1. The summed E-state index contributed by atoms with van der Waals surface area (Å²) in [6.07, 6.45) is 3.05. The Hall–Kier alpha value is -2.18. The fourth-order valence-corrected chi connectivity index (χ4v) is 2.48. The number of rotatable bonds is 4. The van der Waals surface area contributed by atoms with Crippen molar-refractivity contribution in [2.24, 2.45) is 0 Å². The van der Waals surface area contributed by atoms with E-state index in [4.69, 9.17) is 19.9 Å². The lowest BCUT2D eigenvalue weighted by atomic mass is 10.2. The van der Waals surface area contributed by atoms with Crippen molar-refractivity contribution in [1.82, 2.24) is 9.88 Å². The summed E-state index contributed by atoms with van der Waals surface area (Å²) < 4.78 is 16.3. The summed E-state index contributed by atoms with van der Waals surface area (Å²) in [4.78, 5) is 18.1. The molecule has 128 valence electrons. The lowest BCUT2D eigenvalue weighted by molar-refractivity contribution is 0.0186. The molecule has 1 amide bonds. The van der Waals surface area contributed by atoms with Gasteiger partial charge in [0.15, 0.2) is 0 Å². The molecule has 0 spiro atoms. The third-order valence-corrected chi connectivity index (χ3v) is 3.55. The van der Waals surface area contributed by atoms with Gasteiger partial charge >= 0.3 is 6.09 Å². The molecule has 0 aromatic carbocycles. The van der Waals surface area contributed by atoms with Crippen molar-refractivity contribution in [1.29, 1.82) is 0 Å². The van der Waals surface area contributed by atoms with Crippen LogP contribution in [0.1, 0.15) is 33.6 Å². The Morgan fingerprint density at radius 1 is 1.48 bits per heavy atom. The van der Waals surface area contributed by atoms with Crippen LogP contribution in [0.2, 0.25) is 0 Å². The zero-order valence-corrected chi connectivity index (χ0v) is 14.2. The van der Waals surface area contributed by atoms with E-state index < -0.39 is 5.60 Å². The van der Waals surface area contributed by atoms with Crippen molar-refractivity contribution in [2.45, 2.75) is 45.3 Å². The first-order valence-corrected chi connectivity index (χ1v) is 7.72. The first-order valence-electron chi connectivity index (χ1n) is 7.72. The fourth-order valence-electron chi connectivity index (χ4n) is 2.48. The van der Waals surface area contributed by atoms with Crippen LogP contribution in [0.5, 0.6) is 11.6 Å². The van der Waals surface area contributed by atoms with Crippen molar-refractivity contribution < 1.29 is 19.0 Å². The highest BCUT2D eigenvalue weighted by atomic mass is 16.6. The van der Waals surface area contributed by atoms with Gasteiger partial charge in [0.25, 0.3) is 0 Å². The van der Waals surface area contributed by atoms with Gasteiger partial charge in [-0.05, 0) is 33.6 Å². The van der Waals surface area contributed by atoms with E-state index in [0.29, 0.717) is 30.5 Å². The zero-order chi connectivity index (χ0) is 17.0. The molecule has 1 unspecified atom stereocenters. The van der Waals surface area contributed by atoms with Crippen molar-refractivity contribution >= 4 is 11.8 Å². The molecule has 0 aliphatic carbocycles. The van der Waals surface area contributed by atoms with Crippen LogP contribution in [0.25, 0.3) is 0 Å². The molecule has 1 fully saturated rings. The average molecular weight is 323 g/mol. The molecule has 1 atom stereocenters. The molecule has 1 aliphatic heterocycles. The highest BCUT2D eigenvalue weighted by Crippen LogP contribution is 2.29. The van der Waals surface area contributed by atoms with Crippen LogP contribution in [0, 0.1) is 0 Å². The number of pyridine rings is 1. The van der Waals surface area contributed by atoms with E-state index in [1.807, 2.05) is 20.8 Å². The van der Waals surface area contributed by atoms with E-state index in [9.17, 15) is 4.79 Å². The molecule has 2 rings (SSSR count). The maximum atomic E-state index is 12.2. The first kappa shape index (κ1) is 17.2. The van der Waals surface area contributed by atoms with Gasteiger partial charge in [0.05, 0.1) is 13.2 Å². The zero-order valence-electron chi connectivity index (χ0n) is 14.2. The van der Waals surface area contributed by atoms with E-state index in [0.717, 1.165) is 12.8 Å². The van der Waals surface area contributed by atoms with Crippen LogP contribution in [-0.4, -0.2) is 47.9 Å². The first-order chi connectivity index (χ1) is 10.8. The molecule has 1 aliphatic rings. The number of aromatic nitrogens is 1. The Bertz CT molecular complexity index is 557. The summed E-state index contributed by atoms with van der Waals surface area (Å²) in [5.74, 6) is 0.839. The highest BCUT2D eigenvalue weighted by Gasteiger charge is 2.32. The van der Waals surface area contributed by atoms with E-state index in [1.54, 1.807) is 17.2 Å². The molecule has 0 radical (unpaired) electrons. The number of nitrogens with two attached hydrogens (primary N) is 1. The number of nitrogens with zero attached hydrogens (tertiary/aromatic N) is 2. The number of carbonyl (C=O) groups excluding carboxylic acids is 1. The van der Waals surface area contributed by atoms with Crippen LogP contribution in [0.15, 0.2) is 12.3 Å². The number of hydrogen-bond acceptors (Lipinski definition) is 6. The fraction of sp³-hybridized carbons (Fsp3) is 0.625. The molecular weight excluding hydrogens is 298 g/mol. The van der Waals surface area contributed by atoms with Crippen LogP contribution in [0.3, 0.4) is 0 Å². The Labute approximate surface area is 136 Å². The molecule has 7 nitrogen and oxygen atoms in total. The summed E-state index contributed by atoms with van der Waals surface area (Å²) in [5.41, 5.74) is 5.79. The molecule has 0 bridgehead atoms. The highest BCUT2D eigenvalue weighted by molar-refractivity contribution is 5.69. The maximum absolute atomic E-state index is 12.2. The van der Waals surface area contributed by atoms with E-state index in [1.165, 1.54) is 7.11 Å². The van der Waals surface area contributed by atoms with Crippen LogP contribution >= 0.6 is 0 Å². The standard InChI is InChI=1S/C16H25N3O4/c1-16(2,3)23-15(20)19-9-5-6-11(19)10-22-14-13(17)12(21-4)7-8-18-14/h7-8,11H,5-6,9-10,17H2,1-4H3. The van der Waals surface area contributed by atoms with Gasteiger partial charge < -0.3 is 24.8 Å². The molecule has 1 aromatic heterocycles. The number of likely N-dealkylation sites (tertiary alicyclic amines) is 1. The second-order valence-corrected chi connectivity index (χ2v) is 6.51. The summed E-state index contributed by atoms with van der Waals surface area (Å²) >= 11 is 0. The van der Waals surface area contributed by atoms with Crippen LogP contribution in [0.4, 0.5) is 10.5 Å². The minimum Gasteiger partial charge on any atom is -0.494 e. The van der Waals surface area contributed by atoms with Crippen molar-refractivity contribution in [3.8, 4) is 11.6 Å². The average Bonchev–Trinajstić information content (AvgIpc) is 2.93. The molecule has 1 aromatic rings. The smallest absolute Gasteiger partial charge is 0.410 e. The number of amides is 1. The van der Waals surface area contributed by atoms with E-state index in [-0.39, 0.29) is 12.1 Å². The summed E-state index contributed by atoms with van der Waals surface area (Å²) in [6.45, 7) is 6.56. The Morgan fingerprint density at radius 2 is 2.22 bits per heavy atom. The normalized spacial score (nSPS) is 17.9. The molecule has 1 saturated heterocycles. The molecule has 23 heavy (non-hydrogen) atoms. The van der Waals surface area contributed by atoms with Gasteiger partial charge in [-0.15, -0.1) is 0 Å². The lowest BCUT2D eigenvalue weighted by Gasteiger charge is -2.28.